The largest absolute Gasteiger partial charge is 0.494 e. The topological polar surface area (TPSA) is 96.6 Å². The van der Waals surface area contributed by atoms with E-state index in [1.807, 2.05) is 0 Å². The third-order valence-corrected chi connectivity index (χ3v) is 2.34. The van der Waals surface area contributed by atoms with Gasteiger partial charge in [0.1, 0.15) is 5.75 Å². The van der Waals surface area contributed by atoms with Crippen molar-refractivity contribution in [1.82, 2.24) is 4.57 Å². The number of hydrogen-bond acceptors (Lipinski definition) is 4. The van der Waals surface area contributed by atoms with E-state index in [1.165, 1.54) is 7.05 Å². The Hall–Kier alpha value is -1.34. The zero-order valence-corrected chi connectivity index (χ0v) is 8.15. The van der Waals surface area contributed by atoms with E-state index in [2.05, 4.69) is 0 Å². The number of pyridine rings is 1. The first-order valence-corrected chi connectivity index (χ1v) is 5.24. The SMILES string of the molecule is Cn1c(O)cc(CS(=O)(=O)O)cc1=O. The normalized spacial score (nSPS) is 11.6. The second kappa shape index (κ2) is 3.43. The van der Waals surface area contributed by atoms with Crippen molar-refractivity contribution in [2.24, 2.45) is 7.05 Å². The predicted molar refractivity (Wildman–Crippen MR) is 48.6 cm³/mol. The van der Waals surface area contributed by atoms with Crippen molar-refractivity contribution >= 4 is 10.1 Å². The predicted octanol–water partition coefficient (Wildman–Crippen LogP) is -0.521. The van der Waals surface area contributed by atoms with Gasteiger partial charge in [0.2, 0.25) is 0 Å². The van der Waals surface area contributed by atoms with Crippen molar-refractivity contribution < 1.29 is 18.1 Å². The van der Waals surface area contributed by atoms with E-state index in [0.29, 0.717) is 0 Å². The quantitative estimate of drug-likeness (QED) is 0.652. The Kier molecular flexibility index (Phi) is 2.63. The summed E-state index contributed by atoms with van der Waals surface area (Å²) in [6.45, 7) is 0. The smallest absolute Gasteiger partial charge is 0.269 e. The summed E-state index contributed by atoms with van der Waals surface area (Å²) >= 11 is 0. The molecule has 0 aliphatic heterocycles. The van der Waals surface area contributed by atoms with Crippen LogP contribution in [0.3, 0.4) is 0 Å². The summed E-state index contributed by atoms with van der Waals surface area (Å²) in [6.07, 6.45) is 0. The summed E-state index contributed by atoms with van der Waals surface area (Å²) in [5.74, 6) is -1.03. The molecule has 0 radical (unpaired) electrons. The van der Waals surface area contributed by atoms with Crippen molar-refractivity contribution in [2.75, 3.05) is 0 Å². The van der Waals surface area contributed by atoms with Crippen molar-refractivity contribution in [3.8, 4) is 5.88 Å². The Morgan fingerprint density at radius 3 is 2.43 bits per heavy atom. The summed E-state index contributed by atoms with van der Waals surface area (Å²) in [5.41, 5.74) is -0.489. The lowest BCUT2D eigenvalue weighted by molar-refractivity contribution is 0.422. The lowest BCUT2D eigenvalue weighted by Gasteiger charge is -2.03. The molecule has 7 heteroatoms. The van der Waals surface area contributed by atoms with Crippen LogP contribution in [-0.4, -0.2) is 22.6 Å². The van der Waals surface area contributed by atoms with Gasteiger partial charge in [0.15, 0.2) is 5.88 Å². The van der Waals surface area contributed by atoms with Crippen LogP contribution in [0.1, 0.15) is 5.56 Å². The summed E-state index contributed by atoms with van der Waals surface area (Å²) in [5, 5.41) is 9.16. The second-order valence-corrected chi connectivity index (χ2v) is 4.30. The standard InChI is InChI=1S/C7H9NO5S/c1-8-6(9)2-5(3-7(8)10)4-14(11,12)13/h2-3,9H,4H2,1H3,(H,11,12,13). The van der Waals surface area contributed by atoms with Gasteiger partial charge in [-0.3, -0.25) is 13.9 Å². The van der Waals surface area contributed by atoms with E-state index in [1.54, 1.807) is 0 Å². The van der Waals surface area contributed by atoms with Gasteiger partial charge >= 0.3 is 0 Å². The molecule has 2 N–H and O–H groups in total. The summed E-state index contributed by atoms with van der Waals surface area (Å²) in [4.78, 5) is 11.1. The molecule has 0 saturated heterocycles. The van der Waals surface area contributed by atoms with E-state index in [9.17, 15) is 13.2 Å². The van der Waals surface area contributed by atoms with Crippen LogP contribution in [0.2, 0.25) is 0 Å². The number of hydrogen-bond donors (Lipinski definition) is 2. The van der Waals surface area contributed by atoms with Crippen LogP contribution in [0.5, 0.6) is 5.88 Å². The minimum atomic E-state index is -4.18. The van der Waals surface area contributed by atoms with Gasteiger partial charge in [-0.05, 0) is 5.56 Å². The monoisotopic (exact) mass is 219 g/mol. The molecule has 6 nitrogen and oxygen atoms in total. The lowest BCUT2D eigenvalue weighted by Crippen LogP contribution is -2.17. The van der Waals surface area contributed by atoms with Gasteiger partial charge in [-0.25, -0.2) is 0 Å². The molecule has 0 saturated carbocycles. The molecule has 0 spiro atoms. The van der Waals surface area contributed by atoms with Crippen LogP contribution < -0.4 is 5.56 Å². The number of nitrogens with zero attached hydrogens (tertiary/aromatic N) is 1. The van der Waals surface area contributed by atoms with Crippen LogP contribution in [0, 0.1) is 0 Å². The van der Waals surface area contributed by atoms with E-state index >= 15 is 0 Å². The third kappa shape index (κ3) is 2.57. The highest BCUT2D eigenvalue weighted by Crippen LogP contribution is 2.09. The zero-order valence-electron chi connectivity index (χ0n) is 7.34. The maximum Gasteiger partial charge on any atom is 0.269 e. The molecule has 14 heavy (non-hydrogen) atoms. The molecule has 1 rings (SSSR count). The second-order valence-electron chi connectivity index (χ2n) is 2.85. The Morgan fingerprint density at radius 2 is 2.00 bits per heavy atom. The van der Waals surface area contributed by atoms with Crippen LogP contribution in [0.15, 0.2) is 16.9 Å². The molecule has 0 aliphatic rings. The average molecular weight is 219 g/mol. The van der Waals surface area contributed by atoms with Crippen molar-refractivity contribution in [1.29, 1.82) is 0 Å². The minimum Gasteiger partial charge on any atom is -0.494 e. The first-order valence-electron chi connectivity index (χ1n) is 3.63. The highest BCUT2D eigenvalue weighted by Gasteiger charge is 2.09. The highest BCUT2D eigenvalue weighted by atomic mass is 32.2. The Balaban J connectivity index is 3.21. The highest BCUT2D eigenvalue weighted by molar-refractivity contribution is 7.85. The molecule has 0 bridgehead atoms. The van der Waals surface area contributed by atoms with E-state index < -0.39 is 21.4 Å². The van der Waals surface area contributed by atoms with Gasteiger partial charge in [-0.15, -0.1) is 0 Å². The van der Waals surface area contributed by atoms with Gasteiger partial charge in [0.25, 0.3) is 15.7 Å². The minimum absolute atomic E-state index is 0.0492. The molecule has 0 unspecified atom stereocenters. The maximum absolute atomic E-state index is 11.1. The molecule has 0 atom stereocenters. The van der Waals surface area contributed by atoms with Gasteiger partial charge in [0.05, 0.1) is 0 Å². The van der Waals surface area contributed by atoms with Gasteiger partial charge < -0.3 is 5.11 Å². The van der Waals surface area contributed by atoms with Gasteiger partial charge in [-0.1, -0.05) is 0 Å². The molecular formula is C7H9NO5S. The van der Waals surface area contributed by atoms with E-state index in [-0.39, 0.29) is 11.4 Å². The van der Waals surface area contributed by atoms with Crippen molar-refractivity contribution in [3.63, 3.8) is 0 Å². The number of aromatic nitrogens is 1. The molecule has 1 aromatic heterocycles. The fraction of sp³-hybridized carbons (Fsp3) is 0.286. The number of aromatic hydroxyl groups is 1. The van der Waals surface area contributed by atoms with Gasteiger partial charge in [-0.2, -0.15) is 8.42 Å². The maximum atomic E-state index is 11.1. The molecule has 1 heterocycles. The fourth-order valence-electron chi connectivity index (χ4n) is 0.967. The summed E-state index contributed by atoms with van der Waals surface area (Å²) < 4.78 is 30.4. The van der Waals surface area contributed by atoms with Crippen LogP contribution >= 0.6 is 0 Å². The molecule has 1 aromatic rings. The Morgan fingerprint density at radius 1 is 1.43 bits per heavy atom. The van der Waals surface area contributed by atoms with Gasteiger partial charge in [0, 0.05) is 19.2 Å². The average Bonchev–Trinajstić information content (AvgIpc) is 1.96. The van der Waals surface area contributed by atoms with Crippen LogP contribution in [0.4, 0.5) is 0 Å². The molecule has 0 aliphatic carbocycles. The molecule has 78 valence electrons. The summed E-state index contributed by atoms with van der Waals surface area (Å²) in [6, 6.07) is 2.14. The Labute approximate surface area is 80.2 Å². The van der Waals surface area contributed by atoms with Crippen LogP contribution in [-0.2, 0) is 22.9 Å². The lowest BCUT2D eigenvalue weighted by atomic mass is 10.3. The van der Waals surface area contributed by atoms with Crippen LogP contribution in [0.25, 0.3) is 0 Å². The van der Waals surface area contributed by atoms with E-state index in [4.69, 9.17) is 9.66 Å². The van der Waals surface area contributed by atoms with Crippen molar-refractivity contribution in [3.05, 3.63) is 28.0 Å². The van der Waals surface area contributed by atoms with E-state index in [0.717, 1.165) is 16.7 Å². The zero-order chi connectivity index (χ0) is 10.9. The number of rotatable bonds is 2. The molecule has 0 fully saturated rings. The molecular weight excluding hydrogens is 210 g/mol. The Bertz CT molecular complexity index is 501. The molecule has 0 amide bonds. The fourth-order valence-corrected chi connectivity index (χ4v) is 1.55. The summed E-state index contributed by atoms with van der Waals surface area (Å²) in [7, 11) is -2.84. The third-order valence-electron chi connectivity index (χ3n) is 1.65. The first kappa shape index (κ1) is 10.7. The van der Waals surface area contributed by atoms with Crippen molar-refractivity contribution in [2.45, 2.75) is 5.75 Å². The molecule has 0 aromatic carbocycles. The first-order chi connectivity index (χ1) is 6.29.